The van der Waals surface area contributed by atoms with Crippen molar-refractivity contribution in [1.82, 2.24) is 4.98 Å². The molecule has 2 heterocycles. The van der Waals surface area contributed by atoms with Gasteiger partial charge >= 0.3 is 5.97 Å². The number of carbonyl (C=O) groups is 1. The van der Waals surface area contributed by atoms with E-state index in [1.807, 2.05) is 41.3 Å². The molecule has 0 saturated carbocycles. The van der Waals surface area contributed by atoms with Crippen molar-refractivity contribution in [3.63, 3.8) is 0 Å². The van der Waals surface area contributed by atoms with Crippen molar-refractivity contribution in [3.8, 4) is 22.1 Å². The van der Waals surface area contributed by atoms with E-state index >= 15 is 0 Å². The lowest BCUT2D eigenvalue weighted by Gasteiger charge is -2.13. The van der Waals surface area contributed by atoms with E-state index in [9.17, 15) is 4.79 Å². The Labute approximate surface area is 165 Å². The zero-order valence-electron chi connectivity index (χ0n) is 15.2. The van der Waals surface area contributed by atoms with Gasteiger partial charge in [-0.2, -0.15) is 11.3 Å². The Morgan fingerprint density at radius 2 is 2.07 bits per heavy atom. The van der Waals surface area contributed by atoms with Gasteiger partial charge in [0.2, 0.25) is 0 Å². The molecule has 0 spiro atoms. The average molecular weight is 402 g/mol. The molecule has 27 heavy (non-hydrogen) atoms. The van der Waals surface area contributed by atoms with E-state index in [0.29, 0.717) is 17.1 Å². The summed E-state index contributed by atoms with van der Waals surface area (Å²) < 4.78 is 16.2. The van der Waals surface area contributed by atoms with Crippen molar-refractivity contribution in [2.24, 2.45) is 0 Å². The van der Waals surface area contributed by atoms with Crippen LogP contribution < -0.4 is 9.47 Å². The molecule has 140 valence electrons. The Bertz CT molecular complexity index is 945. The van der Waals surface area contributed by atoms with Gasteiger partial charge in [-0.3, -0.25) is 0 Å². The molecule has 3 rings (SSSR count). The first-order valence-corrected chi connectivity index (χ1v) is 10.0. The van der Waals surface area contributed by atoms with E-state index in [1.54, 1.807) is 30.6 Å². The molecule has 7 heteroatoms. The van der Waals surface area contributed by atoms with Gasteiger partial charge in [-0.15, -0.1) is 11.3 Å². The van der Waals surface area contributed by atoms with Gasteiger partial charge in [-0.25, -0.2) is 9.78 Å². The molecule has 0 amide bonds. The maximum Gasteiger partial charge on any atom is 0.338 e. The molecule has 0 aliphatic rings. The zero-order valence-corrected chi connectivity index (χ0v) is 16.9. The quantitative estimate of drug-likeness (QED) is 0.504. The van der Waals surface area contributed by atoms with Gasteiger partial charge in [-0.1, -0.05) is 12.2 Å². The van der Waals surface area contributed by atoms with Crippen molar-refractivity contribution >= 4 is 34.7 Å². The Balaban J connectivity index is 1.75. The molecule has 0 unspecified atom stereocenters. The van der Waals surface area contributed by atoms with Crippen LogP contribution in [-0.4, -0.2) is 25.2 Å². The summed E-state index contributed by atoms with van der Waals surface area (Å²) in [7, 11) is 3.10. The first kappa shape index (κ1) is 19.1. The molecule has 0 saturated heterocycles. The number of ether oxygens (including phenoxy) is 3. The second kappa shape index (κ2) is 8.83. The maximum absolute atomic E-state index is 12.5. The normalized spacial score (nSPS) is 10.9. The van der Waals surface area contributed by atoms with Crippen molar-refractivity contribution < 1.29 is 19.0 Å². The van der Waals surface area contributed by atoms with Crippen molar-refractivity contribution in [2.75, 3.05) is 14.2 Å². The molecule has 2 aromatic heterocycles. The molecule has 1 aromatic carbocycles. The van der Waals surface area contributed by atoms with Crippen LogP contribution >= 0.6 is 22.7 Å². The number of hydrogen-bond acceptors (Lipinski definition) is 7. The van der Waals surface area contributed by atoms with Gasteiger partial charge in [0, 0.05) is 21.9 Å². The van der Waals surface area contributed by atoms with Gasteiger partial charge in [0.1, 0.15) is 11.6 Å². The Kier molecular flexibility index (Phi) is 6.26. The van der Waals surface area contributed by atoms with E-state index < -0.39 is 5.97 Å². The zero-order chi connectivity index (χ0) is 19.2. The summed E-state index contributed by atoms with van der Waals surface area (Å²) in [6.07, 6.45) is 3.72. The van der Waals surface area contributed by atoms with E-state index in [4.69, 9.17) is 14.2 Å². The van der Waals surface area contributed by atoms with E-state index in [-0.39, 0.29) is 6.61 Å². The molecule has 0 atom stereocenters. The van der Waals surface area contributed by atoms with Crippen LogP contribution in [0.15, 0.2) is 40.4 Å². The molecule has 5 nitrogen and oxygen atoms in total. The minimum absolute atomic E-state index is 0.118. The Morgan fingerprint density at radius 1 is 1.22 bits per heavy atom. The number of hydrogen-bond donors (Lipinski definition) is 0. The summed E-state index contributed by atoms with van der Waals surface area (Å²) in [6, 6.07) is 5.36. The number of thiazole rings is 1. The van der Waals surface area contributed by atoms with E-state index in [2.05, 4.69) is 4.98 Å². The first-order valence-electron chi connectivity index (χ1n) is 8.19. The smallest absolute Gasteiger partial charge is 0.338 e. The molecular formula is C20H19NO4S2. The number of rotatable bonds is 7. The fourth-order valence-electron chi connectivity index (χ4n) is 2.53. The van der Waals surface area contributed by atoms with Gasteiger partial charge in [-0.05, 0) is 30.5 Å². The Morgan fingerprint density at radius 3 is 2.74 bits per heavy atom. The predicted octanol–water partition coefficient (Wildman–Crippen LogP) is 5.28. The highest BCUT2D eigenvalue weighted by Gasteiger charge is 2.16. The summed E-state index contributed by atoms with van der Waals surface area (Å²) in [5.74, 6) is 0.618. The second-order valence-electron chi connectivity index (χ2n) is 5.53. The third-order valence-electron chi connectivity index (χ3n) is 3.76. The number of esters is 1. The highest BCUT2D eigenvalue weighted by molar-refractivity contribution is 7.14. The number of methoxy groups -OCH3 is 2. The molecule has 0 aliphatic heterocycles. The largest absolute Gasteiger partial charge is 0.493 e. The molecule has 0 radical (unpaired) electrons. The highest BCUT2D eigenvalue weighted by atomic mass is 32.1. The number of nitrogens with zero attached hydrogens (tertiary/aromatic N) is 1. The van der Waals surface area contributed by atoms with Crippen LogP contribution in [-0.2, 0) is 11.3 Å². The minimum Gasteiger partial charge on any atom is -0.493 e. The predicted molar refractivity (Wildman–Crippen MR) is 109 cm³/mol. The summed E-state index contributed by atoms with van der Waals surface area (Å²) in [4.78, 5) is 17.0. The molecule has 3 aromatic rings. The topological polar surface area (TPSA) is 57.7 Å². The van der Waals surface area contributed by atoms with Crippen molar-refractivity contribution in [1.29, 1.82) is 0 Å². The number of allylic oxidation sites excluding steroid dienone is 1. The van der Waals surface area contributed by atoms with Crippen molar-refractivity contribution in [3.05, 3.63) is 57.2 Å². The van der Waals surface area contributed by atoms with Gasteiger partial charge in [0.25, 0.3) is 0 Å². The average Bonchev–Trinajstić information content (AvgIpc) is 3.37. The standard InChI is InChI=1S/C20H19NO4S2/c1-4-5-13-8-15(9-17(23-2)18(13)24-3)20(22)25-10-16-12-27-19(21-16)14-6-7-26-11-14/h4-9,11-12H,10H2,1-3H3/b5-4+. The SMILES string of the molecule is C/C=C/c1cc(C(=O)OCc2csc(-c3ccsc3)n2)cc(OC)c1OC. The summed E-state index contributed by atoms with van der Waals surface area (Å²) in [6.45, 7) is 2.01. The van der Waals surface area contributed by atoms with E-state index in [0.717, 1.165) is 21.8 Å². The fourth-order valence-corrected chi connectivity index (χ4v) is 4.05. The number of aromatic nitrogens is 1. The molecule has 0 bridgehead atoms. The maximum atomic E-state index is 12.5. The lowest BCUT2D eigenvalue weighted by molar-refractivity contribution is 0.0468. The number of thiophene rings is 1. The molecule has 0 aliphatic carbocycles. The number of carbonyl (C=O) groups excluding carboxylic acids is 1. The van der Waals surface area contributed by atoms with Crippen molar-refractivity contribution in [2.45, 2.75) is 13.5 Å². The second-order valence-corrected chi connectivity index (χ2v) is 7.17. The first-order chi connectivity index (χ1) is 13.2. The monoisotopic (exact) mass is 401 g/mol. The van der Waals surface area contributed by atoms with Crippen LogP contribution in [0.4, 0.5) is 0 Å². The van der Waals surface area contributed by atoms with E-state index in [1.165, 1.54) is 18.4 Å². The van der Waals surface area contributed by atoms with Crippen LogP contribution in [0.1, 0.15) is 28.5 Å². The van der Waals surface area contributed by atoms with Crippen LogP contribution in [0.2, 0.25) is 0 Å². The lowest BCUT2D eigenvalue weighted by Crippen LogP contribution is -2.07. The Hall–Kier alpha value is -2.64. The van der Waals surface area contributed by atoms with Crippen LogP contribution in [0.5, 0.6) is 11.5 Å². The minimum atomic E-state index is -0.438. The van der Waals surface area contributed by atoms with Crippen LogP contribution in [0.25, 0.3) is 16.6 Å². The molecular weight excluding hydrogens is 382 g/mol. The highest BCUT2D eigenvalue weighted by Crippen LogP contribution is 2.34. The number of benzene rings is 1. The molecule has 0 fully saturated rings. The third-order valence-corrected chi connectivity index (χ3v) is 5.38. The van der Waals surface area contributed by atoms with Gasteiger partial charge in [0.05, 0.1) is 25.5 Å². The summed E-state index contributed by atoms with van der Waals surface area (Å²) in [5, 5.41) is 6.88. The third kappa shape index (κ3) is 4.37. The van der Waals surface area contributed by atoms with Crippen LogP contribution in [0.3, 0.4) is 0 Å². The summed E-state index contributed by atoms with van der Waals surface area (Å²) in [5.41, 5.74) is 2.95. The summed E-state index contributed by atoms with van der Waals surface area (Å²) >= 11 is 3.16. The van der Waals surface area contributed by atoms with Gasteiger partial charge < -0.3 is 14.2 Å². The fraction of sp³-hybridized carbons (Fsp3) is 0.200. The van der Waals surface area contributed by atoms with Crippen LogP contribution in [0, 0.1) is 0 Å². The van der Waals surface area contributed by atoms with Gasteiger partial charge in [0.15, 0.2) is 11.5 Å². The lowest BCUT2D eigenvalue weighted by atomic mass is 10.1. The molecule has 0 N–H and O–H groups in total.